The van der Waals surface area contributed by atoms with E-state index >= 15 is 0 Å². The van der Waals surface area contributed by atoms with Crippen LogP contribution in [0.25, 0.3) is 0 Å². The second-order valence-corrected chi connectivity index (χ2v) is 8.15. The highest BCUT2D eigenvalue weighted by molar-refractivity contribution is 9.10. The quantitative estimate of drug-likeness (QED) is 0.513. The molecule has 4 rings (SSSR count). The normalized spacial score (nSPS) is 13.8. The van der Waals surface area contributed by atoms with Gasteiger partial charge in [-0.05, 0) is 46.5 Å². The third kappa shape index (κ3) is 4.67. The molecule has 2 heterocycles. The first-order valence-corrected chi connectivity index (χ1v) is 10.2. The van der Waals surface area contributed by atoms with Gasteiger partial charge in [0.2, 0.25) is 5.91 Å². The van der Waals surface area contributed by atoms with Gasteiger partial charge in [0.1, 0.15) is 12.2 Å². The Labute approximate surface area is 179 Å². The molecule has 0 spiro atoms. The smallest absolute Gasteiger partial charge is 0.280 e. The van der Waals surface area contributed by atoms with E-state index in [1.807, 2.05) is 18.2 Å². The zero-order valence-corrected chi connectivity index (χ0v) is 17.5. The van der Waals surface area contributed by atoms with Gasteiger partial charge in [0.05, 0.1) is 16.7 Å². The highest BCUT2D eigenvalue weighted by atomic mass is 79.9. The Kier molecular flexibility index (Phi) is 5.69. The van der Waals surface area contributed by atoms with E-state index in [0.29, 0.717) is 27.6 Å². The lowest BCUT2D eigenvalue weighted by atomic mass is 10.2. The number of rotatable bonds is 7. The monoisotopic (exact) mass is 483 g/mol. The summed E-state index contributed by atoms with van der Waals surface area (Å²) in [6.45, 7) is 0.115. The SMILES string of the molecule is O=C(Cn1nc(C2CC2)cc1C(F)F)Nc1nn(Cc2ccccc2Cl)cc1Br. The van der Waals surface area contributed by atoms with Gasteiger partial charge in [-0.2, -0.15) is 10.2 Å². The lowest BCUT2D eigenvalue weighted by Gasteiger charge is -2.07. The molecule has 0 saturated heterocycles. The first-order chi connectivity index (χ1) is 13.9. The molecule has 1 aliphatic rings. The predicted octanol–water partition coefficient (Wildman–Crippen LogP) is 5.00. The molecule has 1 aromatic carbocycles. The van der Waals surface area contributed by atoms with Gasteiger partial charge in [-0.1, -0.05) is 29.8 Å². The molecule has 2 aromatic heterocycles. The Hall–Kier alpha value is -2.26. The summed E-state index contributed by atoms with van der Waals surface area (Å²) < 4.78 is 29.8. The minimum absolute atomic E-state index is 0.228. The summed E-state index contributed by atoms with van der Waals surface area (Å²) in [4.78, 5) is 12.4. The summed E-state index contributed by atoms with van der Waals surface area (Å²) in [5.41, 5.74) is 1.26. The molecule has 1 fully saturated rings. The van der Waals surface area contributed by atoms with Crippen molar-refractivity contribution in [3.05, 3.63) is 63.0 Å². The maximum atomic E-state index is 13.3. The number of nitrogens with zero attached hydrogens (tertiary/aromatic N) is 4. The fraction of sp³-hybridized carbons (Fsp3) is 0.316. The van der Waals surface area contributed by atoms with Crippen LogP contribution in [-0.2, 0) is 17.9 Å². The van der Waals surface area contributed by atoms with Crippen molar-refractivity contribution in [3.8, 4) is 0 Å². The molecular formula is C19H17BrClF2N5O. The number of carbonyl (C=O) groups excluding carboxylic acids is 1. The average molecular weight is 485 g/mol. The third-order valence-corrected chi connectivity index (χ3v) is 5.56. The summed E-state index contributed by atoms with van der Waals surface area (Å²) in [5.74, 6) is 0.0442. The van der Waals surface area contributed by atoms with Gasteiger partial charge in [0.25, 0.3) is 6.43 Å². The van der Waals surface area contributed by atoms with Crippen molar-refractivity contribution in [1.29, 1.82) is 0 Å². The number of hydrogen-bond donors (Lipinski definition) is 1. The van der Waals surface area contributed by atoms with E-state index in [9.17, 15) is 13.6 Å². The molecule has 1 N–H and O–H groups in total. The Balaban J connectivity index is 1.45. The lowest BCUT2D eigenvalue weighted by molar-refractivity contribution is -0.117. The minimum atomic E-state index is -2.69. The zero-order valence-electron chi connectivity index (χ0n) is 15.2. The van der Waals surface area contributed by atoms with Gasteiger partial charge in [-0.15, -0.1) is 0 Å². The van der Waals surface area contributed by atoms with Crippen LogP contribution in [0, 0.1) is 0 Å². The molecule has 6 nitrogen and oxygen atoms in total. The highest BCUT2D eigenvalue weighted by Crippen LogP contribution is 2.40. The van der Waals surface area contributed by atoms with Crippen molar-refractivity contribution < 1.29 is 13.6 Å². The van der Waals surface area contributed by atoms with Crippen molar-refractivity contribution in [2.24, 2.45) is 0 Å². The number of carbonyl (C=O) groups is 1. The van der Waals surface area contributed by atoms with Crippen molar-refractivity contribution >= 4 is 39.3 Å². The van der Waals surface area contributed by atoms with Crippen molar-refractivity contribution in [1.82, 2.24) is 19.6 Å². The van der Waals surface area contributed by atoms with Crippen molar-refractivity contribution in [2.45, 2.75) is 38.3 Å². The first kappa shape index (κ1) is 20.0. The van der Waals surface area contributed by atoms with Crippen molar-refractivity contribution in [3.63, 3.8) is 0 Å². The number of anilines is 1. The maximum Gasteiger partial charge on any atom is 0.280 e. The molecule has 0 unspecified atom stereocenters. The Morgan fingerprint density at radius 1 is 1.31 bits per heavy atom. The molecule has 0 radical (unpaired) electrons. The van der Waals surface area contributed by atoms with Crippen LogP contribution in [0.3, 0.4) is 0 Å². The summed E-state index contributed by atoms with van der Waals surface area (Å²) in [6.07, 6.45) is 0.913. The second kappa shape index (κ2) is 8.23. The number of halogens is 4. The average Bonchev–Trinajstić information content (AvgIpc) is 3.34. The Bertz CT molecular complexity index is 1050. The number of benzene rings is 1. The van der Waals surface area contributed by atoms with Crippen LogP contribution in [0.4, 0.5) is 14.6 Å². The Morgan fingerprint density at radius 2 is 2.07 bits per heavy atom. The fourth-order valence-electron chi connectivity index (χ4n) is 3.00. The summed E-state index contributed by atoms with van der Waals surface area (Å²) in [6, 6.07) is 8.79. The van der Waals surface area contributed by atoms with Gasteiger partial charge >= 0.3 is 0 Å². The molecule has 0 bridgehead atoms. The summed E-state index contributed by atoms with van der Waals surface area (Å²) >= 11 is 9.53. The predicted molar refractivity (Wildman–Crippen MR) is 108 cm³/mol. The van der Waals surface area contributed by atoms with Crippen LogP contribution in [0.1, 0.15) is 42.1 Å². The second-order valence-electron chi connectivity index (χ2n) is 6.89. The van der Waals surface area contributed by atoms with Crippen LogP contribution in [0.15, 0.2) is 41.0 Å². The molecule has 10 heteroatoms. The van der Waals surface area contributed by atoms with Crippen LogP contribution in [0.2, 0.25) is 5.02 Å². The summed E-state index contributed by atoms with van der Waals surface area (Å²) in [5, 5.41) is 11.8. The van der Waals surface area contributed by atoms with Gasteiger partial charge in [-0.25, -0.2) is 8.78 Å². The van der Waals surface area contributed by atoms with Gasteiger partial charge in [-0.3, -0.25) is 14.2 Å². The van der Waals surface area contributed by atoms with E-state index in [1.54, 1.807) is 16.9 Å². The number of hydrogen-bond acceptors (Lipinski definition) is 3. The third-order valence-electron chi connectivity index (χ3n) is 4.61. The molecular weight excluding hydrogens is 468 g/mol. The van der Waals surface area contributed by atoms with Gasteiger partial charge in [0, 0.05) is 17.1 Å². The van der Waals surface area contributed by atoms with E-state index < -0.39 is 12.3 Å². The summed E-state index contributed by atoms with van der Waals surface area (Å²) in [7, 11) is 0. The highest BCUT2D eigenvalue weighted by Gasteiger charge is 2.29. The van der Waals surface area contributed by atoms with Crippen molar-refractivity contribution in [2.75, 3.05) is 5.32 Å². The standard InChI is InChI=1S/C19H17BrClF2N5O/c20-13-9-27(8-12-3-1-2-4-14(12)21)26-19(13)24-17(29)10-28-16(18(22)23)7-15(25-28)11-5-6-11/h1-4,7,9,11,18H,5-6,8,10H2,(H,24,26,29). The van der Waals surface area contributed by atoms with Gasteiger partial charge < -0.3 is 5.32 Å². The molecule has 1 amide bonds. The van der Waals surface area contributed by atoms with Crippen LogP contribution in [0.5, 0.6) is 0 Å². The Morgan fingerprint density at radius 3 is 2.76 bits per heavy atom. The number of alkyl halides is 2. The molecule has 29 heavy (non-hydrogen) atoms. The number of nitrogens with one attached hydrogen (secondary N) is 1. The molecule has 1 aliphatic carbocycles. The van der Waals surface area contributed by atoms with E-state index in [2.05, 4.69) is 31.4 Å². The zero-order chi connectivity index (χ0) is 20.5. The minimum Gasteiger partial charge on any atom is -0.307 e. The number of aromatic nitrogens is 4. The van der Waals surface area contributed by atoms with Crippen LogP contribution >= 0.6 is 27.5 Å². The fourth-order valence-corrected chi connectivity index (χ4v) is 3.61. The maximum absolute atomic E-state index is 13.3. The van der Waals surface area contributed by atoms with Crippen LogP contribution < -0.4 is 5.32 Å². The van der Waals surface area contributed by atoms with E-state index in [4.69, 9.17) is 11.6 Å². The van der Waals surface area contributed by atoms with E-state index in [0.717, 1.165) is 23.1 Å². The molecule has 3 aromatic rings. The largest absolute Gasteiger partial charge is 0.307 e. The number of amides is 1. The topological polar surface area (TPSA) is 64.7 Å². The first-order valence-electron chi connectivity index (χ1n) is 9.02. The molecule has 0 atom stereocenters. The molecule has 1 saturated carbocycles. The van der Waals surface area contributed by atoms with Gasteiger partial charge in [0.15, 0.2) is 5.82 Å². The molecule has 152 valence electrons. The van der Waals surface area contributed by atoms with E-state index in [1.165, 1.54) is 6.07 Å². The van der Waals surface area contributed by atoms with E-state index in [-0.39, 0.29) is 18.2 Å². The molecule has 0 aliphatic heterocycles. The van der Waals surface area contributed by atoms with Crippen LogP contribution in [-0.4, -0.2) is 25.5 Å². The lowest BCUT2D eigenvalue weighted by Crippen LogP contribution is -2.21.